The molecule has 2 rings (SSSR count). The molecule has 5 nitrogen and oxygen atoms in total. The Morgan fingerprint density at radius 3 is 2.48 bits per heavy atom. The van der Waals surface area contributed by atoms with Crippen molar-refractivity contribution >= 4 is 11.9 Å². The van der Waals surface area contributed by atoms with Crippen LogP contribution < -0.4 is 0 Å². The molecule has 0 aromatic carbocycles. The molecule has 1 fully saturated rings. The zero-order chi connectivity index (χ0) is 15.4. The molecule has 1 aliphatic rings. The molecule has 0 saturated carbocycles. The normalized spacial score (nSPS) is 16.2. The van der Waals surface area contributed by atoms with Gasteiger partial charge in [0.25, 0.3) is 5.91 Å². The smallest absolute Gasteiger partial charge is 0.303 e. The first-order chi connectivity index (χ1) is 9.97. The number of piperidine rings is 1. The van der Waals surface area contributed by atoms with Gasteiger partial charge in [0.1, 0.15) is 0 Å². The minimum absolute atomic E-state index is 0.00780. The van der Waals surface area contributed by atoms with Crippen LogP contribution in [0.2, 0.25) is 0 Å². The van der Waals surface area contributed by atoms with Crippen molar-refractivity contribution in [2.45, 2.75) is 39.0 Å². The highest BCUT2D eigenvalue weighted by Crippen LogP contribution is 2.22. The fourth-order valence-corrected chi connectivity index (χ4v) is 2.64. The van der Waals surface area contributed by atoms with E-state index in [1.807, 2.05) is 12.1 Å². The molecule has 21 heavy (non-hydrogen) atoms. The van der Waals surface area contributed by atoms with Crippen molar-refractivity contribution in [3.8, 4) is 0 Å². The van der Waals surface area contributed by atoms with Crippen LogP contribution in [0.3, 0.4) is 0 Å². The van der Waals surface area contributed by atoms with E-state index in [-0.39, 0.29) is 18.2 Å². The molecule has 1 aromatic heterocycles. The molecule has 5 heteroatoms. The number of pyridine rings is 1. The number of carbonyl (C=O) groups excluding carboxylic acids is 1. The molecule has 0 unspecified atom stereocenters. The van der Waals surface area contributed by atoms with Crippen LogP contribution in [0.15, 0.2) is 18.3 Å². The minimum Gasteiger partial charge on any atom is -0.481 e. The van der Waals surface area contributed by atoms with Gasteiger partial charge in [-0.2, -0.15) is 0 Å². The van der Waals surface area contributed by atoms with Gasteiger partial charge in [-0.15, -0.1) is 0 Å². The maximum atomic E-state index is 12.4. The standard InChI is InChI=1S/C16H22N2O3/c1-11(2)14-4-3-13(10-17-14)16(21)18-7-5-12(6-8-18)9-15(19)20/h3-4,10-12H,5-9H2,1-2H3,(H,19,20). The van der Waals surface area contributed by atoms with Crippen molar-refractivity contribution in [1.82, 2.24) is 9.88 Å². The van der Waals surface area contributed by atoms with Crippen molar-refractivity contribution in [3.63, 3.8) is 0 Å². The van der Waals surface area contributed by atoms with Crippen molar-refractivity contribution in [3.05, 3.63) is 29.6 Å². The number of nitrogens with zero attached hydrogens (tertiary/aromatic N) is 2. The van der Waals surface area contributed by atoms with Gasteiger partial charge in [-0.3, -0.25) is 14.6 Å². The summed E-state index contributed by atoms with van der Waals surface area (Å²) < 4.78 is 0. The van der Waals surface area contributed by atoms with Crippen LogP contribution in [0.5, 0.6) is 0 Å². The molecule has 0 atom stereocenters. The fraction of sp³-hybridized carbons (Fsp3) is 0.562. The van der Waals surface area contributed by atoms with Gasteiger partial charge in [0, 0.05) is 31.4 Å². The van der Waals surface area contributed by atoms with Crippen molar-refractivity contribution in [1.29, 1.82) is 0 Å². The van der Waals surface area contributed by atoms with E-state index in [0.29, 0.717) is 24.6 Å². The maximum absolute atomic E-state index is 12.4. The lowest BCUT2D eigenvalue weighted by atomic mass is 9.93. The van der Waals surface area contributed by atoms with Crippen LogP contribution in [0.4, 0.5) is 0 Å². The highest BCUT2D eigenvalue weighted by atomic mass is 16.4. The molecule has 0 aliphatic carbocycles. The molecular weight excluding hydrogens is 268 g/mol. The molecule has 0 spiro atoms. The van der Waals surface area contributed by atoms with Crippen molar-refractivity contribution in [2.24, 2.45) is 5.92 Å². The molecule has 2 heterocycles. The van der Waals surface area contributed by atoms with Gasteiger partial charge in [0.05, 0.1) is 5.56 Å². The SMILES string of the molecule is CC(C)c1ccc(C(=O)N2CCC(CC(=O)O)CC2)cn1. The van der Waals surface area contributed by atoms with Crippen LogP contribution in [0.25, 0.3) is 0 Å². The largest absolute Gasteiger partial charge is 0.481 e. The first-order valence-electron chi connectivity index (χ1n) is 7.44. The molecule has 1 saturated heterocycles. The average molecular weight is 290 g/mol. The molecular formula is C16H22N2O3. The summed E-state index contributed by atoms with van der Waals surface area (Å²) >= 11 is 0. The molecule has 0 bridgehead atoms. The molecule has 0 radical (unpaired) electrons. The summed E-state index contributed by atoms with van der Waals surface area (Å²) in [5, 5.41) is 8.80. The molecule has 1 N–H and O–H groups in total. The minimum atomic E-state index is -0.756. The summed E-state index contributed by atoms with van der Waals surface area (Å²) in [4.78, 5) is 29.2. The number of hydrogen-bond acceptors (Lipinski definition) is 3. The van der Waals surface area contributed by atoms with E-state index in [1.54, 1.807) is 11.1 Å². The monoisotopic (exact) mass is 290 g/mol. The van der Waals surface area contributed by atoms with Gasteiger partial charge in [0.2, 0.25) is 0 Å². The van der Waals surface area contributed by atoms with Gasteiger partial charge < -0.3 is 10.0 Å². The Hall–Kier alpha value is -1.91. The fourth-order valence-electron chi connectivity index (χ4n) is 2.64. The molecule has 1 aromatic rings. The van der Waals surface area contributed by atoms with E-state index in [0.717, 1.165) is 18.5 Å². The van der Waals surface area contributed by atoms with Crippen LogP contribution in [-0.2, 0) is 4.79 Å². The van der Waals surface area contributed by atoms with Crippen molar-refractivity contribution in [2.75, 3.05) is 13.1 Å². The van der Waals surface area contributed by atoms with Crippen LogP contribution in [0.1, 0.15) is 55.1 Å². The number of aromatic nitrogens is 1. The molecule has 1 aliphatic heterocycles. The number of amides is 1. The highest BCUT2D eigenvalue weighted by molar-refractivity contribution is 5.94. The van der Waals surface area contributed by atoms with E-state index >= 15 is 0 Å². The second kappa shape index (κ2) is 6.70. The number of carboxylic acids is 1. The van der Waals surface area contributed by atoms with Gasteiger partial charge in [0.15, 0.2) is 0 Å². The second-order valence-corrected chi connectivity index (χ2v) is 5.96. The first kappa shape index (κ1) is 15.5. The Morgan fingerprint density at radius 1 is 1.33 bits per heavy atom. The number of hydrogen-bond donors (Lipinski definition) is 1. The second-order valence-electron chi connectivity index (χ2n) is 5.96. The van der Waals surface area contributed by atoms with E-state index in [2.05, 4.69) is 18.8 Å². The Balaban J connectivity index is 1.94. The van der Waals surface area contributed by atoms with Gasteiger partial charge in [-0.25, -0.2) is 0 Å². The Bertz CT molecular complexity index is 503. The third kappa shape index (κ3) is 4.03. The van der Waals surface area contributed by atoms with E-state index in [1.165, 1.54) is 0 Å². The lowest BCUT2D eigenvalue weighted by Gasteiger charge is -2.31. The zero-order valence-corrected chi connectivity index (χ0v) is 12.6. The number of aliphatic carboxylic acids is 1. The summed E-state index contributed by atoms with van der Waals surface area (Å²) in [7, 11) is 0. The average Bonchev–Trinajstić information content (AvgIpc) is 2.47. The van der Waals surface area contributed by atoms with Crippen LogP contribution in [0, 0.1) is 5.92 Å². The first-order valence-corrected chi connectivity index (χ1v) is 7.44. The van der Waals surface area contributed by atoms with E-state index in [4.69, 9.17) is 5.11 Å². The summed E-state index contributed by atoms with van der Waals surface area (Å²) in [6.07, 6.45) is 3.36. The summed E-state index contributed by atoms with van der Waals surface area (Å²) in [6.45, 7) is 5.39. The topological polar surface area (TPSA) is 70.5 Å². The van der Waals surface area contributed by atoms with E-state index in [9.17, 15) is 9.59 Å². The van der Waals surface area contributed by atoms with Gasteiger partial charge in [-0.05, 0) is 36.8 Å². The summed E-state index contributed by atoms with van der Waals surface area (Å²) in [5.41, 5.74) is 1.59. The lowest BCUT2D eigenvalue weighted by molar-refractivity contribution is -0.138. The van der Waals surface area contributed by atoms with Crippen LogP contribution >= 0.6 is 0 Å². The number of carbonyl (C=O) groups is 2. The number of carboxylic acid groups (broad SMARTS) is 1. The summed E-state index contributed by atoms with van der Waals surface area (Å²) in [6, 6.07) is 3.73. The predicted molar refractivity (Wildman–Crippen MR) is 79.2 cm³/mol. The Kier molecular flexibility index (Phi) is 4.94. The number of rotatable bonds is 4. The lowest BCUT2D eigenvalue weighted by Crippen LogP contribution is -2.39. The number of likely N-dealkylation sites (tertiary alicyclic amines) is 1. The summed E-state index contributed by atoms with van der Waals surface area (Å²) in [5.74, 6) is -0.228. The van der Waals surface area contributed by atoms with Gasteiger partial charge in [-0.1, -0.05) is 13.8 Å². The maximum Gasteiger partial charge on any atom is 0.303 e. The van der Waals surface area contributed by atoms with Gasteiger partial charge >= 0.3 is 5.97 Å². The third-order valence-electron chi connectivity index (χ3n) is 3.99. The quantitative estimate of drug-likeness (QED) is 0.925. The third-order valence-corrected chi connectivity index (χ3v) is 3.99. The Labute approximate surface area is 125 Å². The predicted octanol–water partition coefficient (Wildman–Crippen LogP) is 2.53. The highest BCUT2D eigenvalue weighted by Gasteiger charge is 2.25. The Morgan fingerprint density at radius 2 is 2.00 bits per heavy atom. The van der Waals surface area contributed by atoms with E-state index < -0.39 is 5.97 Å². The van der Waals surface area contributed by atoms with Crippen LogP contribution in [-0.4, -0.2) is 40.0 Å². The molecule has 1 amide bonds. The zero-order valence-electron chi connectivity index (χ0n) is 12.6. The molecule has 114 valence electrons. The van der Waals surface area contributed by atoms with Crippen molar-refractivity contribution < 1.29 is 14.7 Å².